The maximum absolute atomic E-state index is 12.2. The summed E-state index contributed by atoms with van der Waals surface area (Å²) < 4.78 is 11.4. The van der Waals surface area contributed by atoms with Gasteiger partial charge in [0.2, 0.25) is 5.91 Å². The summed E-state index contributed by atoms with van der Waals surface area (Å²) >= 11 is 0. The molecule has 2 heterocycles. The minimum absolute atomic E-state index is 0.227. The summed E-state index contributed by atoms with van der Waals surface area (Å²) in [5.74, 6) is -0.171. The lowest BCUT2D eigenvalue weighted by Crippen LogP contribution is -2.47. The van der Waals surface area contributed by atoms with Crippen LogP contribution in [-0.4, -0.2) is 56.0 Å². The van der Waals surface area contributed by atoms with Crippen molar-refractivity contribution in [1.82, 2.24) is 10.2 Å². The van der Waals surface area contributed by atoms with Crippen LogP contribution in [0.3, 0.4) is 0 Å². The molecule has 126 valence electrons. The van der Waals surface area contributed by atoms with E-state index in [1.807, 2.05) is 11.0 Å². The van der Waals surface area contributed by atoms with Crippen LogP contribution in [-0.2, 0) is 20.7 Å². The lowest BCUT2D eigenvalue weighted by molar-refractivity contribution is -0.187. The second-order valence-corrected chi connectivity index (χ2v) is 6.22. The summed E-state index contributed by atoms with van der Waals surface area (Å²) in [6.45, 7) is 4.48. The molecule has 0 atom stereocenters. The van der Waals surface area contributed by atoms with E-state index in [4.69, 9.17) is 9.47 Å². The third-order valence-corrected chi connectivity index (χ3v) is 4.64. The molecule has 5 nitrogen and oxygen atoms in total. The number of hydrogen-bond donors (Lipinski definition) is 1. The van der Waals surface area contributed by atoms with E-state index in [0.717, 1.165) is 45.4 Å². The average molecular weight is 318 g/mol. The van der Waals surface area contributed by atoms with Crippen molar-refractivity contribution in [3.05, 3.63) is 35.9 Å². The van der Waals surface area contributed by atoms with Gasteiger partial charge in [0, 0.05) is 38.9 Å². The summed E-state index contributed by atoms with van der Waals surface area (Å²) in [5, 5.41) is 3.36. The zero-order chi connectivity index (χ0) is 16.0. The minimum Gasteiger partial charge on any atom is -0.347 e. The van der Waals surface area contributed by atoms with Crippen LogP contribution < -0.4 is 5.32 Å². The molecule has 1 amide bonds. The molecule has 0 bridgehead atoms. The van der Waals surface area contributed by atoms with Crippen molar-refractivity contribution in [2.75, 3.05) is 39.4 Å². The van der Waals surface area contributed by atoms with Gasteiger partial charge < -0.3 is 19.7 Å². The van der Waals surface area contributed by atoms with Gasteiger partial charge in [-0.3, -0.25) is 4.79 Å². The third-order valence-electron chi connectivity index (χ3n) is 4.64. The highest BCUT2D eigenvalue weighted by atomic mass is 16.7. The van der Waals surface area contributed by atoms with Crippen molar-refractivity contribution < 1.29 is 14.3 Å². The Morgan fingerprint density at radius 3 is 2.48 bits per heavy atom. The lowest BCUT2D eigenvalue weighted by atomic mass is 10.0. The predicted octanol–water partition coefficient (Wildman–Crippen LogP) is 1.57. The van der Waals surface area contributed by atoms with Crippen molar-refractivity contribution in [3.8, 4) is 0 Å². The van der Waals surface area contributed by atoms with Crippen LogP contribution in [0.1, 0.15) is 24.8 Å². The maximum atomic E-state index is 12.2. The lowest BCUT2D eigenvalue weighted by Gasteiger charge is -2.37. The van der Waals surface area contributed by atoms with E-state index in [2.05, 4.69) is 29.6 Å². The zero-order valence-corrected chi connectivity index (χ0v) is 13.6. The number of rotatable bonds is 6. The van der Waals surface area contributed by atoms with Gasteiger partial charge in [0.05, 0.1) is 13.2 Å². The fraction of sp³-hybridized carbons (Fsp3) is 0.611. The van der Waals surface area contributed by atoms with E-state index in [0.29, 0.717) is 19.6 Å². The molecule has 1 spiro atoms. The van der Waals surface area contributed by atoms with Crippen LogP contribution >= 0.6 is 0 Å². The van der Waals surface area contributed by atoms with Crippen LogP contribution in [0, 0.1) is 0 Å². The number of amides is 1. The zero-order valence-electron chi connectivity index (χ0n) is 13.6. The molecule has 5 heteroatoms. The number of piperidine rings is 1. The van der Waals surface area contributed by atoms with Crippen molar-refractivity contribution in [1.29, 1.82) is 0 Å². The fourth-order valence-electron chi connectivity index (χ4n) is 3.24. The van der Waals surface area contributed by atoms with E-state index in [1.165, 1.54) is 5.56 Å². The van der Waals surface area contributed by atoms with Crippen molar-refractivity contribution >= 4 is 5.91 Å². The molecule has 3 rings (SSSR count). The SMILES string of the molecule is O=C(CCNCCc1ccccc1)N1CCC2(CC1)OCCO2. The normalized spacial score (nSPS) is 20.1. The van der Waals surface area contributed by atoms with E-state index < -0.39 is 5.79 Å². The Morgan fingerprint density at radius 2 is 1.78 bits per heavy atom. The largest absolute Gasteiger partial charge is 0.347 e. The van der Waals surface area contributed by atoms with Crippen LogP contribution in [0.2, 0.25) is 0 Å². The molecule has 2 saturated heterocycles. The van der Waals surface area contributed by atoms with Gasteiger partial charge in [-0.15, -0.1) is 0 Å². The van der Waals surface area contributed by atoms with Crippen molar-refractivity contribution in [2.45, 2.75) is 31.5 Å². The molecule has 2 fully saturated rings. The fourth-order valence-corrected chi connectivity index (χ4v) is 3.24. The number of likely N-dealkylation sites (tertiary alicyclic amines) is 1. The first-order valence-corrected chi connectivity index (χ1v) is 8.58. The number of nitrogens with one attached hydrogen (secondary N) is 1. The standard InChI is InChI=1S/C18H26N2O3/c21-17(7-11-19-10-6-16-4-2-1-3-5-16)20-12-8-18(9-13-20)22-14-15-23-18/h1-5,19H,6-15H2. The van der Waals surface area contributed by atoms with Gasteiger partial charge in [0.1, 0.15) is 0 Å². The summed E-state index contributed by atoms with van der Waals surface area (Å²) in [5.41, 5.74) is 1.32. The Bertz CT molecular complexity index is 490. The monoisotopic (exact) mass is 318 g/mol. The van der Waals surface area contributed by atoms with Gasteiger partial charge >= 0.3 is 0 Å². The molecule has 0 aliphatic carbocycles. The van der Waals surface area contributed by atoms with Gasteiger partial charge in [0.25, 0.3) is 0 Å². The van der Waals surface area contributed by atoms with E-state index in [9.17, 15) is 4.79 Å². The quantitative estimate of drug-likeness (QED) is 0.809. The molecular formula is C18H26N2O3. The molecule has 0 aromatic heterocycles. The summed E-state index contributed by atoms with van der Waals surface area (Å²) in [6.07, 6.45) is 3.14. The first-order chi connectivity index (χ1) is 11.3. The first-order valence-electron chi connectivity index (χ1n) is 8.58. The molecular weight excluding hydrogens is 292 g/mol. The highest BCUT2D eigenvalue weighted by Gasteiger charge is 2.40. The van der Waals surface area contributed by atoms with Gasteiger partial charge in [-0.05, 0) is 18.5 Å². The third kappa shape index (κ3) is 4.53. The molecule has 0 unspecified atom stereocenters. The van der Waals surface area contributed by atoms with Crippen LogP contribution in [0.5, 0.6) is 0 Å². The smallest absolute Gasteiger partial charge is 0.223 e. The first kappa shape index (κ1) is 16.4. The molecule has 0 radical (unpaired) electrons. The summed E-state index contributed by atoms with van der Waals surface area (Å²) in [6, 6.07) is 10.4. The Hall–Kier alpha value is -1.43. The number of carbonyl (C=O) groups is 1. The van der Waals surface area contributed by atoms with Crippen LogP contribution in [0.25, 0.3) is 0 Å². The molecule has 2 aliphatic heterocycles. The Labute approximate surface area is 137 Å². The van der Waals surface area contributed by atoms with Gasteiger partial charge in [0.15, 0.2) is 5.79 Å². The van der Waals surface area contributed by atoms with Gasteiger partial charge in [-0.1, -0.05) is 30.3 Å². The van der Waals surface area contributed by atoms with Crippen LogP contribution in [0.4, 0.5) is 0 Å². The highest BCUT2D eigenvalue weighted by molar-refractivity contribution is 5.76. The van der Waals surface area contributed by atoms with Gasteiger partial charge in [-0.25, -0.2) is 0 Å². The predicted molar refractivity (Wildman–Crippen MR) is 88.1 cm³/mol. The summed E-state index contributed by atoms with van der Waals surface area (Å²) in [4.78, 5) is 14.2. The number of hydrogen-bond acceptors (Lipinski definition) is 4. The molecule has 23 heavy (non-hydrogen) atoms. The summed E-state index contributed by atoms with van der Waals surface area (Å²) in [7, 11) is 0. The van der Waals surface area contributed by atoms with Crippen LogP contribution in [0.15, 0.2) is 30.3 Å². The van der Waals surface area contributed by atoms with Crippen molar-refractivity contribution in [2.24, 2.45) is 0 Å². The Kier molecular flexibility index (Phi) is 5.65. The van der Waals surface area contributed by atoms with Gasteiger partial charge in [-0.2, -0.15) is 0 Å². The Balaban J connectivity index is 1.29. The number of ether oxygens (including phenoxy) is 2. The van der Waals surface area contributed by atoms with E-state index >= 15 is 0 Å². The molecule has 2 aliphatic rings. The molecule has 1 aromatic carbocycles. The van der Waals surface area contributed by atoms with Crippen molar-refractivity contribution in [3.63, 3.8) is 0 Å². The minimum atomic E-state index is -0.398. The molecule has 1 aromatic rings. The highest BCUT2D eigenvalue weighted by Crippen LogP contribution is 2.31. The second-order valence-electron chi connectivity index (χ2n) is 6.22. The average Bonchev–Trinajstić information content (AvgIpc) is 3.04. The topological polar surface area (TPSA) is 50.8 Å². The van der Waals surface area contributed by atoms with E-state index in [1.54, 1.807) is 0 Å². The number of nitrogens with zero attached hydrogens (tertiary/aromatic N) is 1. The molecule has 0 saturated carbocycles. The number of carbonyl (C=O) groups excluding carboxylic acids is 1. The van der Waals surface area contributed by atoms with E-state index in [-0.39, 0.29) is 5.91 Å². The number of benzene rings is 1. The molecule has 1 N–H and O–H groups in total. The Morgan fingerprint density at radius 1 is 1.09 bits per heavy atom. The second kappa shape index (κ2) is 7.90. The maximum Gasteiger partial charge on any atom is 0.223 e.